The number of hydrogen-bond donors (Lipinski definition) is 8. The highest BCUT2D eigenvalue weighted by atomic mass is 16.7. The van der Waals surface area contributed by atoms with E-state index in [2.05, 4.69) is 10.6 Å². The van der Waals surface area contributed by atoms with Crippen LogP contribution in [0.4, 0.5) is 0 Å². The van der Waals surface area contributed by atoms with Gasteiger partial charge in [0, 0.05) is 51.4 Å². The molecule has 0 radical (unpaired) electrons. The minimum Gasteiger partial charge on any atom is -0.477 e. The predicted molar refractivity (Wildman–Crippen MR) is 159 cm³/mol. The van der Waals surface area contributed by atoms with Crippen LogP contribution in [0.25, 0.3) is 0 Å². The van der Waals surface area contributed by atoms with E-state index < -0.39 is 84.7 Å². The Hall–Kier alpha value is -3.02. The second-order valence-corrected chi connectivity index (χ2v) is 12.2. The minimum absolute atomic E-state index is 0.172. The first kappa shape index (κ1) is 41.0. The molecule has 2 rings (SSSR count). The third-order valence-electron chi connectivity index (χ3n) is 8.05. The third kappa shape index (κ3) is 11.7. The van der Waals surface area contributed by atoms with Crippen LogP contribution in [0.2, 0.25) is 0 Å². The molecule has 0 saturated carbocycles. The summed E-state index contributed by atoms with van der Waals surface area (Å²) in [6.45, 7) is 9.86. The number of ketones is 2. The van der Waals surface area contributed by atoms with Gasteiger partial charge < -0.3 is 50.7 Å². The molecule has 46 heavy (non-hydrogen) atoms. The van der Waals surface area contributed by atoms with E-state index >= 15 is 0 Å². The topological polar surface area (TPSA) is 266 Å². The second-order valence-electron chi connectivity index (χ2n) is 12.2. The van der Waals surface area contributed by atoms with Crippen molar-refractivity contribution in [2.45, 2.75) is 141 Å². The van der Waals surface area contributed by atoms with Gasteiger partial charge in [0.2, 0.25) is 11.8 Å². The van der Waals surface area contributed by atoms with Crippen LogP contribution >= 0.6 is 0 Å². The van der Waals surface area contributed by atoms with Crippen molar-refractivity contribution in [1.29, 1.82) is 0 Å². The largest absolute Gasteiger partial charge is 0.477 e. The summed E-state index contributed by atoms with van der Waals surface area (Å²) in [6.07, 6.45) is -3.52. The number of carbonyl (C=O) groups is 6. The maximum Gasteiger partial charge on any atom is 0.364 e. The molecule has 0 bridgehead atoms. The number of amides is 2. The van der Waals surface area contributed by atoms with Gasteiger partial charge in [0.25, 0.3) is 11.6 Å². The molecule has 0 aromatic rings. The number of hydrogen-bond acceptors (Lipinski definition) is 12. The first-order valence-corrected chi connectivity index (χ1v) is 15.4. The number of carbonyl (C=O) groups excluding carboxylic acids is 4. The van der Waals surface area contributed by atoms with Crippen molar-refractivity contribution < 1.29 is 68.9 Å². The van der Waals surface area contributed by atoms with E-state index in [9.17, 15) is 49.2 Å². The highest BCUT2D eigenvalue weighted by Crippen LogP contribution is 2.32. The van der Waals surface area contributed by atoms with Gasteiger partial charge >= 0.3 is 11.9 Å². The Morgan fingerprint density at radius 1 is 0.696 bits per heavy atom. The molecule has 10 atom stereocenters. The van der Waals surface area contributed by atoms with Crippen LogP contribution in [0.15, 0.2) is 0 Å². The summed E-state index contributed by atoms with van der Waals surface area (Å²) in [5.41, 5.74) is 0. The molecule has 2 heterocycles. The molecule has 16 nitrogen and oxygen atoms in total. The molecule has 2 aliphatic heterocycles. The predicted octanol–water partition coefficient (Wildman–Crippen LogP) is -0.381. The summed E-state index contributed by atoms with van der Waals surface area (Å²) in [6, 6.07) is -1.91. The first-order chi connectivity index (χ1) is 21.2. The molecule has 0 spiro atoms. The number of carboxylic acid groups (broad SMARTS) is 2. The van der Waals surface area contributed by atoms with Crippen molar-refractivity contribution in [2.24, 2.45) is 11.8 Å². The Balaban J connectivity index is 0.000000460. The van der Waals surface area contributed by atoms with Crippen LogP contribution in [-0.4, -0.2) is 114 Å². The molecular formula is C30H50N2O14. The van der Waals surface area contributed by atoms with Gasteiger partial charge in [0.05, 0.1) is 36.5 Å². The standard InChI is InChI=1S/2C15H25NO7/c2*1-4-5-8(2)10(18)6-12-13(16-9(3)17)11(19)7-15(22,23-12)14(20)21/h2*8,11-13,19,22H,4-7H2,1-3H3,(H,16,17)(H,20,21). The Bertz CT molecular complexity index is 1020. The molecule has 0 aliphatic carbocycles. The minimum atomic E-state index is -2.58. The zero-order valence-electron chi connectivity index (χ0n) is 27.2. The molecule has 2 amide bonds. The number of aliphatic hydroxyl groups is 4. The van der Waals surface area contributed by atoms with Gasteiger partial charge in [-0.1, -0.05) is 40.5 Å². The average molecular weight is 663 g/mol. The van der Waals surface area contributed by atoms with Crippen LogP contribution in [0, 0.1) is 11.8 Å². The highest BCUT2D eigenvalue weighted by Gasteiger charge is 2.52. The zero-order chi connectivity index (χ0) is 35.6. The summed E-state index contributed by atoms with van der Waals surface area (Å²) in [5.74, 6) is -10.2. The zero-order valence-corrected chi connectivity index (χ0v) is 27.2. The Morgan fingerprint density at radius 3 is 1.24 bits per heavy atom. The lowest BCUT2D eigenvalue weighted by molar-refractivity contribution is -0.276. The summed E-state index contributed by atoms with van der Waals surface area (Å²) >= 11 is 0. The molecule has 16 heteroatoms. The quantitative estimate of drug-likeness (QED) is 0.118. The highest BCUT2D eigenvalue weighted by molar-refractivity contribution is 5.82. The Kier molecular flexibility index (Phi) is 15.8. The summed E-state index contributed by atoms with van der Waals surface area (Å²) in [5, 5.41) is 63.2. The number of aliphatic hydroxyl groups excluding tert-OH is 2. The molecule has 2 saturated heterocycles. The van der Waals surface area contributed by atoms with E-state index in [1.165, 1.54) is 13.8 Å². The number of carboxylic acids is 2. The maximum absolute atomic E-state index is 12.2. The van der Waals surface area contributed by atoms with Crippen molar-refractivity contribution in [2.75, 3.05) is 0 Å². The summed E-state index contributed by atoms with van der Waals surface area (Å²) in [7, 11) is 0. The van der Waals surface area contributed by atoms with Crippen LogP contribution in [0.3, 0.4) is 0 Å². The van der Waals surface area contributed by atoms with Crippen LogP contribution < -0.4 is 10.6 Å². The Labute approximate surface area is 267 Å². The molecule has 10 unspecified atom stereocenters. The molecule has 0 aromatic heterocycles. The van der Waals surface area contributed by atoms with E-state index in [1.807, 2.05) is 13.8 Å². The molecular weight excluding hydrogens is 612 g/mol. The van der Waals surface area contributed by atoms with E-state index in [-0.39, 0.29) is 36.2 Å². The fourth-order valence-electron chi connectivity index (χ4n) is 5.51. The SMILES string of the molecule is CCCC(C)C(=O)CC1OC(O)(C(=O)O)CC(O)C1NC(C)=O.CCCC(C)C(=O)CC1OC(O)(C(=O)O)CC(O)C1NC(C)=O. The van der Waals surface area contributed by atoms with Crippen molar-refractivity contribution in [1.82, 2.24) is 10.6 Å². The number of aliphatic carboxylic acids is 2. The van der Waals surface area contributed by atoms with Crippen LogP contribution in [0.5, 0.6) is 0 Å². The average Bonchev–Trinajstić information content (AvgIpc) is 2.92. The van der Waals surface area contributed by atoms with Crippen molar-refractivity contribution >= 4 is 35.3 Å². The lowest BCUT2D eigenvalue weighted by Crippen LogP contribution is -2.63. The first-order valence-electron chi connectivity index (χ1n) is 15.4. The van der Waals surface area contributed by atoms with Gasteiger partial charge in [-0.2, -0.15) is 0 Å². The van der Waals surface area contributed by atoms with Crippen molar-refractivity contribution in [3.8, 4) is 0 Å². The fourth-order valence-corrected chi connectivity index (χ4v) is 5.51. The molecule has 8 N–H and O–H groups in total. The van der Waals surface area contributed by atoms with Crippen LogP contribution in [0.1, 0.15) is 92.9 Å². The van der Waals surface area contributed by atoms with E-state index in [0.717, 1.165) is 12.8 Å². The smallest absolute Gasteiger partial charge is 0.364 e. The number of rotatable bonds is 14. The lowest BCUT2D eigenvalue weighted by atomic mass is 9.87. The van der Waals surface area contributed by atoms with Gasteiger partial charge in [0.15, 0.2) is 0 Å². The van der Waals surface area contributed by atoms with Gasteiger partial charge in [-0.25, -0.2) is 9.59 Å². The van der Waals surface area contributed by atoms with Crippen LogP contribution in [-0.2, 0) is 38.2 Å². The molecule has 2 fully saturated rings. The maximum atomic E-state index is 12.2. The van der Waals surface area contributed by atoms with Gasteiger partial charge in [-0.3, -0.25) is 19.2 Å². The summed E-state index contributed by atoms with van der Waals surface area (Å²) < 4.78 is 10.4. The van der Waals surface area contributed by atoms with Crippen molar-refractivity contribution in [3.63, 3.8) is 0 Å². The van der Waals surface area contributed by atoms with Gasteiger partial charge in [-0.05, 0) is 12.8 Å². The number of ether oxygens (including phenoxy) is 2. The van der Waals surface area contributed by atoms with E-state index in [0.29, 0.717) is 12.8 Å². The van der Waals surface area contributed by atoms with E-state index in [4.69, 9.17) is 19.7 Å². The normalized spacial score (nSPS) is 32.1. The second kappa shape index (κ2) is 17.8. The third-order valence-corrected chi connectivity index (χ3v) is 8.05. The van der Waals surface area contributed by atoms with Crippen molar-refractivity contribution in [3.05, 3.63) is 0 Å². The number of nitrogens with one attached hydrogen (secondary N) is 2. The van der Waals surface area contributed by atoms with Gasteiger partial charge in [-0.15, -0.1) is 0 Å². The monoisotopic (exact) mass is 662 g/mol. The fraction of sp³-hybridized carbons (Fsp3) is 0.800. The molecule has 0 aromatic carbocycles. The van der Waals surface area contributed by atoms with E-state index in [1.54, 1.807) is 13.8 Å². The number of Topliss-reactive ketones (excluding diaryl/α,β-unsaturated/α-hetero) is 2. The van der Waals surface area contributed by atoms with Gasteiger partial charge in [0.1, 0.15) is 11.6 Å². The Morgan fingerprint density at radius 2 is 1.00 bits per heavy atom. The molecule has 2 aliphatic rings. The molecule has 264 valence electrons. The lowest BCUT2D eigenvalue weighted by Gasteiger charge is -2.42. The summed E-state index contributed by atoms with van der Waals surface area (Å²) in [4.78, 5) is 69.3.